The summed E-state index contributed by atoms with van der Waals surface area (Å²) in [6, 6.07) is 3.91. The number of hydrogen-bond acceptors (Lipinski definition) is 2. The molecule has 0 aromatic carbocycles. The Bertz CT molecular complexity index is 310. The van der Waals surface area contributed by atoms with Gasteiger partial charge in [-0.15, -0.1) is 0 Å². The first-order valence-electron chi connectivity index (χ1n) is 4.90. The van der Waals surface area contributed by atoms with E-state index in [9.17, 15) is 5.11 Å². The van der Waals surface area contributed by atoms with E-state index in [0.717, 1.165) is 11.4 Å². The minimum atomic E-state index is -0.451. The number of hydrogen-bond donors (Lipinski definition) is 2. The molecule has 80 valence electrons. The van der Waals surface area contributed by atoms with Gasteiger partial charge in [0.15, 0.2) is 0 Å². The molecule has 0 spiro atoms. The van der Waals surface area contributed by atoms with Gasteiger partial charge < -0.3 is 15.4 Å². The van der Waals surface area contributed by atoms with Gasteiger partial charge in [0.05, 0.1) is 6.10 Å². The smallest absolute Gasteiger partial charge is 0.0987 e. The van der Waals surface area contributed by atoms with E-state index in [-0.39, 0.29) is 5.41 Å². The van der Waals surface area contributed by atoms with Crippen molar-refractivity contribution < 1.29 is 5.11 Å². The molecule has 1 aromatic rings. The summed E-state index contributed by atoms with van der Waals surface area (Å²) in [4.78, 5) is 0. The first-order chi connectivity index (χ1) is 6.38. The summed E-state index contributed by atoms with van der Waals surface area (Å²) in [5.74, 6) is 0. The lowest BCUT2D eigenvalue weighted by atomic mass is 9.87. The van der Waals surface area contributed by atoms with Crippen molar-refractivity contribution in [3.8, 4) is 0 Å². The van der Waals surface area contributed by atoms with Crippen molar-refractivity contribution in [1.29, 1.82) is 0 Å². The maximum Gasteiger partial charge on any atom is 0.0987 e. The molecule has 0 fully saturated rings. The van der Waals surface area contributed by atoms with Gasteiger partial charge >= 0.3 is 0 Å². The summed E-state index contributed by atoms with van der Waals surface area (Å²) in [7, 11) is 1.94. The summed E-state index contributed by atoms with van der Waals surface area (Å²) in [6.07, 6.45) is -0.451. The molecule has 0 aliphatic heterocycles. The predicted molar refractivity (Wildman–Crippen MR) is 57.7 cm³/mol. The van der Waals surface area contributed by atoms with Crippen LogP contribution < -0.4 is 5.73 Å². The maximum absolute atomic E-state index is 10.1. The zero-order chi connectivity index (χ0) is 10.9. The van der Waals surface area contributed by atoms with Crippen LogP contribution in [0.5, 0.6) is 0 Å². The third-order valence-electron chi connectivity index (χ3n) is 2.57. The van der Waals surface area contributed by atoms with E-state index < -0.39 is 6.10 Å². The fourth-order valence-corrected chi connectivity index (χ4v) is 1.49. The second kappa shape index (κ2) is 3.75. The normalized spacial score (nSPS) is 14.4. The van der Waals surface area contributed by atoms with Crippen molar-refractivity contribution in [3.05, 3.63) is 23.5 Å². The topological polar surface area (TPSA) is 51.2 Å². The second-order valence-electron chi connectivity index (χ2n) is 4.78. The molecule has 0 aliphatic rings. The highest BCUT2D eigenvalue weighted by Gasteiger charge is 2.26. The molecule has 3 nitrogen and oxygen atoms in total. The Morgan fingerprint density at radius 1 is 1.43 bits per heavy atom. The molecule has 0 aliphatic carbocycles. The predicted octanol–water partition coefficient (Wildman–Crippen LogP) is 1.56. The molecule has 0 saturated heterocycles. The van der Waals surface area contributed by atoms with E-state index in [1.165, 1.54) is 0 Å². The third kappa shape index (κ3) is 1.99. The minimum absolute atomic E-state index is 0.141. The van der Waals surface area contributed by atoms with Crippen LogP contribution in [0.1, 0.15) is 38.3 Å². The molecular formula is C11H20N2O. The van der Waals surface area contributed by atoms with E-state index in [4.69, 9.17) is 5.73 Å². The van der Waals surface area contributed by atoms with E-state index in [1.54, 1.807) is 0 Å². The van der Waals surface area contributed by atoms with Gasteiger partial charge in [-0.25, -0.2) is 0 Å². The standard InChI is InChI=1S/C11H20N2O/c1-11(2,3)10(14)9-6-5-8(7-12)13(9)4/h5-6,10,14H,7,12H2,1-4H3. The van der Waals surface area contributed by atoms with Crippen LogP contribution in [-0.4, -0.2) is 9.67 Å². The third-order valence-corrected chi connectivity index (χ3v) is 2.57. The Balaban J connectivity index is 3.02. The Morgan fingerprint density at radius 3 is 2.36 bits per heavy atom. The van der Waals surface area contributed by atoms with Gasteiger partial charge in [0.25, 0.3) is 0 Å². The summed E-state index contributed by atoms with van der Waals surface area (Å²) in [6.45, 7) is 6.57. The van der Waals surface area contributed by atoms with Crippen molar-refractivity contribution in [2.45, 2.75) is 33.4 Å². The van der Waals surface area contributed by atoms with Crippen LogP contribution in [0.3, 0.4) is 0 Å². The minimum Gasteiger partial charge on any atom is -0.386 e. The number of aromatic nitrogens is 1. The van der Waals surface area contributed by atoms with Gasteiger partial charge in [-0.3, -0.25) is 0 Å². The Kier molecular flexibility index (Phi) is 3.02. The summed E-state index contributed by atoms with van der Waals surface area (Å²) in [5.41, 5.74) is 7.40. The van der Waals surface area contributed by atoms with Crippen molar-refractivity contribution in [1.82, 2.24) is 4.57 Å². The Labute approximate surface area is 85.5 Å². The summed E-state index contributed by atoms with van der Waals surface area (Å²) >= 11 is 0. The highest BCUT2D eigenvalue weighted by Crippen LogP contribution is 2.32. The molecular weight excluding hydrogens is 176 g/mol. The Hall–Kier alpha value is -0.800. The van der Waals surface area contributed by atoms with Gasteiger partial charge in [-0.2, -0.15) is 0 Å². The fourth-order valence-electron chi connectivity index (χ4n) is 1.49. The highest BCUT2D eigenvalue weighted by atomic mass is 16.3. The number of aliphatic hydroxyl groups excluding tert-OH is 1. The number of aliphatic hydroxyl groups is 1. The van der Waals surface area contributed by atoms with Gasteiger partial charge in [0, 0.05) is 25.0 Å². The molecule has 3 N–H and O–H groups in total. The first kappa shape index (κ1) is 11.3. The molecule has 0 saturated carbocycles. The van der Waals surface area contributed by atoms with Crippen molar-refractivity contribution in [2.75, 3.05) is 0 Å². The molecule has 1 heterocycles. The van der Waals surface area contributed by atoms with E-state index in [2.05, 4.69) is 0 Å². The van der Waals surface area contributed by atoms with Crippen LogP contribution in [0.25, 0.3) is 0 Å². The van der Waals surface area contributed by atoms with Crippen LogP contribution >= 0.6 is 0 Å². The zero-order valence-electron chi connectivity index (χ0n) is 9.41. The monoisotopic (exact) mass is 196 g/mol. The van der Waals surface area contributed by atoms with Crippen LogP contribution in [0.4, 0.5) is 0 Å². The van der Waals surface area contributed by atoms with Crippen LogP contribution in [0.2, 0.25) is 0 Å². The molecule has 1 atom stereocenters. The van der Waals surface area contributed by atoms with E-state index >= 15 is 0 Å². The average molecular weight is 196 g/mol. The molecule has 1 unspecified atom stereocenters. The van der Waals surface area contributed by atoms with Crippen LogP contribution in [-0.2, 0) is 13.6 Å². The average Bonchev–Trinajstić information content (AvgIpc) is 2.43. The van der Waals surface area contributed by atoms with Crippen molar-refractivity contribution >= 4 is 0 Å². The van der Waals surface area contributed by atoms with Crippen LogP contribution in [0.15, 0.2) is 12.1 Å². The largest absolute Gasteiger partial charge is 0.386 e. The molecule has 0 bridgehead atoms. The van der Waals surface area contributed by atoms with Gasteiger partial charge in [-0.05, 0) is 17.5 Å². The molecule has 0 amide bonds. The fraction of sp³-hybridized carbons (Fsp3) is 0.636. The molecule has 3 heteroatoms. The SMILES string of the molecule is Cn1c(CN)ccc1C(O)C(C)(C)C. The zero-order valence-corrected chi connectivity index (χ0v) is 9.41. The number of nitrogens with two attached hydrogens (primary N) is 1. The molecule has 1 rings (SSSR count). The van der Waals surface area contributed by atoms with E-state index in [0.29, 0.717) is 6.54 Å². The lowest BCUT2D eigenvalue weighted by Crippen LogP contribution is -2.20. The van der Waals surface area contributed by atoms with Crippen molar-refractivity contribution in [2.24, 2.45) is 18.2 Å². The molecule has 1 aromatic heterocycles. The van der Waals surface area contributed by atoms with Crippen molar-refractivity contribution in [3.63, 3.8) is 0 Å². The second-order valence-corrected chi connectivity index (χ2v) is 4.78. The van der Waals surface area contributed by atoms with Gasteiger partial charge in [0.1, 0.15) is 0 Å². The Morgan fingerprint density at radius 2 is 2.00 bits per heavy atom. The highest BCUT2D eigenvalue weighted by molar-refractivity contribution is 5.19. The van der Waals surface area contributed by atoms with E-state index in [1.807, 2.05) is 44.5 Å². The number of rotatable bonds is 2. The molecule has 14 heavy (non-hydrogen) atoms. The lowest BCUT2D eigenvalue weighted by molar-refractivity contribution is 0.0563. The van der Waals surface area contributed by atoms with Gasteiger partial charge in [-0.1, -0.05) is 20.8 Å². The molecule has 0 radical (unpaired) electrons. The summed E-state index contributed by atoms with van der Waals surface area (Å²) in [5, 5.41) is 10.1. The lowest BCUT2D eigenvalue weighted by Gasteiger charge is -2.26. The number of nitrogens with zero attached hydrogens (tertiary/aromatic N) is 1. The van der Waals surface area contributed by atoms with Crippen LogP contribution in [0, 0.1) is 5.41 Å². The van der Waals surface area contributed by atoms with Gasteiger partial charge in [0.2, 0.25) is 0 Å². The first-order valence-corrected chi connectivity index (χ1v) is 4.90. The summed E-state index contributed by atoms with van der Waals surface area (Å²) < 4.78 is 1.97. The maximum atomic E-state index is 10.1. The quantitative estimate of drug-likeness (QED) is 0.754.